The zero-order chi connectivity index (χ0) is 14.8. The lowest BCUT2D eigenvalue weighted by atomic mass is 10.1. The summed E-state index contributed by atoms with van der Waals surface area (Å²) >= 11 is 3.34. The van der Waals surface area contributed by atoms with Crippen LogP contribution in [0.25, 0.3) is 0 Å². The number of carboxylic acids is 1. The first-order valence-electron chi connectivity index (χ1n) is 7.30. The minimum Gasteiger partial charge on any atom is -0.492 e. The van der Waals surface area contributed by atoms with Gasteiger partial charge in [0.1, 0.15) is 5.75 Å². The summed E-state index contributed by atoms with van der Waals surface area (Å²) in [7, 11) is 0. The average Bonchev–Trinajstić information content (AvgIpc) is 2.43. The van der Waals surface area contributed by atoms with Gasteiger partial charge in [-0.1, -0.05) is 45.4 Å². The summed E-state index contributed by atoms with van der Waals surface area (Å²) in [6, 6.07) is 4.84. The second-order valence-electron chi connectivity index (χ2n) is 4.92. The van der Waals surface area contributed by atoms with E-state index >= 15 is 0 Å². The summed E-state index contributed by atoms with van der Waals surface area (Å²) in [6.45, 7) is 2.90. The lowest BCUT2D eigenvalue weighted by Gasteiger charge is -2.08. The van der Waals surface area contributed by atoms with Gasteiger partial charge < -0.3 is 9.84 Å². The van der Waals surface area contributed by atoms with Gasteiger partial charge in [-0.3, -0.25) is 0 Å². The van der Waals surface area contributed by atoms with E-state index < -0.39 is 5.97 Å². The third-order valence-electron chi connectivity index (χ3n) is 3.18. The van der Waals surface area contributed by atoms with Crippen molar-refractivity contribution in [3.8, 4) is 5.75 Å². The van der Waals surface area contributed by atoms with E-state index in [2.05, 4.69) is 22.9 Å². The number of ether oxygens (including phenoxy) is 1. The third-order valence-corrected chi connectivity index (χ3v) is 3.80. The third kappa shape index (κ3) is 6.42. The smallest absolute Gasteiger partial charge is 0.335 e. The molecule has 0 atom stereocenters. The Hall–Kier alpha value is -1.03. The van der Waals surface area contributed by atoms with Gasteiger partial charge in [-0.15, -0.1) is 0 Å². The number of hydrogen-bond acceptors (Lipinski definition) is 2. The van der Waals surface area contributed by atoms with Gasteiger partial charge in [0.2, 0.25) is 0 Å². The molecular weight excluding hydrogens is 320 g/mol. The summed E-state index contributed by atoms with van der Waals surface area (Å²) in [4.78, 5) is 10.8. The molecule has 0 saturated carbocycles. The minimum absolute atomic E-state index is 0.264. The minimum atomic E-state index is -0.927. The maximum atomic E-state index is 10.8. The Morgan fingerprint density at radius 1 is 1.15 bits per heavy atom. The summed E-state index contributed by atoms with van der Waals surface area (Å²) in [5.74, 6) is -0.217. The summed E-state index contributed by atoms with van der Waals surface area (Å²) in [5.41, 5.74) is 0.264. The Labute approximate surface area is 129 Å². The number of hydrogen-bond donors (Lipinski definition) is 1. The van der Waals surface area contributed by atoms with Crippen molar-refractivity contribution in [2.24, 2.45) is 0 Å². The first-order chi connectivity index (χ1) is 9.65. The largest absolute Gasteiger partial charge is 0.492 e. The molecule has 0 aliphatic rings. The second kappa shape index (κ2) is 9.81. The van der Waals surface area contributed by atoms with Crippen LogP contribution in [0.2, 0.25) is 0 Å². The van der Waals surface area contributed by atoms with Gasteiger partial charge in [0.05, 0.1) is 16.6 Å². The van der Waals surface area contributed by atoms with Gasteiger partial charge in [0.25, 0.3) is 0 Å². The van der Waals surface area contributed by atoms with Crippen molar-refractivity contribution in [1.29, 1.82) is 0 Å². The molecule has 0 aliphatic carbocycles. The highest BCUT2D eigenvalue weighted by Crippen LogP contribution is 2.26. The van der Waals surface area contributed by atoms with Crippen molar-refractivity contribution < 1.29 is 14.6 Å². The number of unbranched alkanes of at least 4 members (excludes halogenated alkanes) is 6. The summed E-state index contributed by atoms with van der Waals surface area (Å²) < 4.78 is 6.35. The predicted octanol–water partition coefficient (Wildman–Crippen LogP) is 5.28. The van der Waals surface area contributed by atoms with E-state index in [4.69, 9.17) is 9.84 Å². The molecule has 1 N–H and O–H groups in total. The molecule has 3 nitrogen and oxygen atoms in total. The standard InChI is InChI=1S/C16H23BrO3/c1-2-3-4-5-6-7-8-11-20-15-10-9-13(16(18)19)12-14(15)17/h9-10,12H,2-8,11H2,1H3,(H,18,19). The van der Waals surface area contributed by atoms with Crippen molar-refractivity contribution in [2.45, 2.75) is 51.9 Å². The molecule has 0 bridgehead atoms. The molecule has 0 heterocycles. The van der Waals surface area contributed by atoms with E-state index in [1.165, 1.54) is 38.5 Å². The number of benzene rings is 1. The fraction of sp³-hybridized carbons (Fsp3) is 0.562. The van der Waals surface area contributed by atoms with E-state index in [-0.39, 0.29) is 5.56 Å². The van der Waals surface area contributed by atoms with E-state index in [0.717, 1.165) is 6.42 Å². The van der Waals surface area contributed by atoms with Crippen molar-refractivity contribution in [3.05, 3.63) is 28.2 Å². The normalized spacial score (nSPS) is 10.5. The lowest BCUT2D eigenvalue weighted by Crippen LogP contribution is -2.00. The van der Waals surface area contributed by atoms with Gasteiger partial charge in [-0.2, -0.15) is 0 Å². The fourth-order valence-electron chi connectivity index (χ4n) is 1.99. The van der Waals surface area contributed by atoms with Crippen LogP contribution in [0.5, 0.6) is 5.75 Å². The molecule has 0 unspecified atom stereocenters. The van der Waals surface area contributed by atoms with Crippen LogP contribution in [0.1, 0.15) is 62.2 Å². The quantitative estimate of drug-likeness (QED) is 0.588. The Balaban J connectivity index is 2.20. The van der Waals surface area contributed by atoms with Crippen LogP contribution < -0.4 is 4.74 Å². The van der Waals surface area contributed by atoms with E-state index in [1.807, 2.05) is 0 Å². The lowest BCUT2D eigenvalue weighted by molar-refractivity contribution is 0.0697. The molecule has 0 saturated heterocycles. The topological polar surface area (TPSA) is 46.5 Å². The number of carboxylic acid groups (broad SMARTS) is 1. The van der Waals surface area contributed by atoms with Crippen LogP contribution >= 0.6 is 15.9 Å². The van der Waals surface area contributed by atoms with Crippen LogP contribution in [-0.2, 0) is 0 Å². The van der Waals surface area contributed by atoms with Crippen LogP contribution in [-0.4, -0.2) is 17.7 Å². The highest BCUT2D eigenvalue weighted by Gasteiger charge is 2.07. The SMILES string of the molecule is CCCCCCCCCOc1ccc(C(=O)O)cc1Br. The highest BCUT2D eigenvalue weighted by molar-refractivity contribution is 9.10. The van der Waals surface area contributed by atoms with Gasteiger partial charge in [-0.25, -0.2) is 4.79 Å². The molecule has 0 aliphatic heterocycles. The Morgan fingerprint density at radius 3 is 2.40 bits per heavy atom. The molecule has 0 amide bonds. The van der Waals surface area contributed by atoms with Crippen molar-refractivity contribution >= 4 is 21.9 Å². The number of halogens is 1. The molecule has 1 aromatic rings. The molecule has 4 heteroatoms. The van der Waals surface area contributed by atoms with Crippen LogP contribution in [0, 0.1) is 0 Å². The van der Waals surface area contributed by atoms with E-state index in [1.54, 1.807) is 18.2 Å². The van der Waals surface area contributed by atoms with Crippen LogP contribution in [0.3, 0.4) is 0 Å². The fourth-order valence-corrected chi connectivity index (χ4v) is 2.49. The summed E-state index contributed by atoms with van der Waals surface area (Å²) in [5, 5.41) is 8.87. The number of carbonyl (C=O) groups is 1. The maximum Gasteiger partial charge on any atom is 0.335 e. The van der Waals surface area contributed by atoms with E-state index in [0.29, 0.717) is 16.8 Å². The molecule has 0 radical (unpaired) electrons. The molecule has 1 rings (SSSR count). The zero-order valence-corrected chi connectivity index (χ0v) is 13.6. The van der Waals surface area contributed by atoms with Gasteiger partial charge in [0, 0.05) is 0 Å². The molecule has 1 aromatic carbocycles. The molecule has 20 heavy (non-hydrogen) atoms. The number of rotatable bonds is 10. The zero-order valence-electron chi connectivity index (χ0n) is 12.0. The highest BCUT2D eigenvalue weighted by atomic mass is 79.9. The van der Waals surface area contributed by atoms with Crippen molar-refractivity contribution in [2.75, 3.05) is 6.61 Å². The molecule has 0 fully saturated rings. The molecule has 0 aromatic heterocycles. The molecule has 0 spiro atoms. The Bertz CT molecular complexity index is 418. The van der Waals surface area contributed by atoms with Gasteiger partial charge in [-0.05, 0) is 40.5 Å². The van der Waals surface area contributed by atoms with Gasteiger partial charge in [0.15, 0.2) is 0 Å². The van der Waals surface area contributed by atoms with Gasteiger partial charge >= 0.3 is 5.97 Å². The van der Waals surface area contributed by atoms with Crippen molar-refractivity contribution in [1.82, 2.24) is 0 Å². The number of aromatic carboxylic acids is 1. The molecule has 112 valence electrons. The first-order valence-corrected chi connectivity index (χ1v) is 8.10. The van der Waals surface area contributed by atoms with Crippen molar-refractivity contribution in [3.63, 3.8) is 0 Å². The van der Waals surface area contributed by atoms with Crippen LogP contribution in [0.4, 0.5) is 0 Å². The molecular formula is C16H23BrO3. The Morgan fingerprint density at radius 2 is 1.80 bits per heavy atom. The second-order valence-corrected chi connectivity index (χ2v) is 5.77. The predicted molar refractivity (Wildman–Crippen MR) is 84.6 cm³/mol. The Kier molecular flexibility index (Phi) is 8.35. The summed E-state index contributed by atoms with van der Waals surface area (Å²) in [6.07, 6.45) is 8.75. The first kappa shape index (κ1) is 17.0. The average molecular weight is 343 g/mol. The monoisotopic (exact) mass is 342 g/mol. The van der Waals surface area contributed by atoms with E-state index in [9.17, 15) is 4.79 Å². The van der Waals surface area contributed by atoms with Crippen LogP contribution in [0.15, 0.2) is 22.7 Å². The maximum absolute atomic E-state index is 10.8.